The molecule has 0 amide bonds. The van der Waals surface area contributed by atoms with Gasteiger partial charge in [0.15, 0.2) is 0 Å². The Hall–Kier alpha value is -1.62. The Balaban J connectivity index is 2.30. The predicted molar refractivity (Wildman–Crippen MR) is 67.3 cm³/mol. The molecule has 1 aliphatic heterocycles. The third-order valence-electron chi connectivity index (χ3n) is 3.11. The smallest absolute Gasteiger partial charge is 0.125 e. The van der Waals surface area contributed by atoms with Crippen LogP contribution in [0.5, 0.6) is 0 Å². The highest BCUT2D eigenvalue weighted by atomic mass is 16.3. The summed E-state index contributed by atoms with van der Waals surface area (Å²) >= 11 is 0. The first-order chi connectivity index (χ1) is 7.99. The number of pyridine rings is 1. The van der Waals surface area contributed by atoms with Crippen LogP contribution in [0.1, 0.15) is 25.3 Å². The molecule has 2 rings (SSSR count). The van der Waals surface area contributed by atoms with E-state index in [1.807, 2.05) is 11.8 Å². The zero-order valence-corrected chi connectivity index (χ0v) is 9.98. The molecule has 5 nitrogen and oxygen atoms in total. The van der Waals surface area contributed by atoms with Crippen LogP contribution < -0.4 is 10.6 Å². The van der Waals surface area contributed by atoms with Gasteiger partial charge in [-0.05, 0) is 25.8 Å². The minimum Gasteiger partial charge on any atom is -0.388 e. The Bertz CT molecular complexity index is 430. The van der Waals surface area contributed by atoms with E-state index < -0.39 is 5.60 Å². The van der Waals surface area contributed by atoms with Crippen molar-refractivity contribution in [2.24, 2.45) is 5.73 Å². The number of nitrogens with one attached hydrogen (secondary N) is 1. The number of aromatic nitrogens is 1. The van der Waals surface area contributed by atoms with Gasteiger partial charge in [-0.2, -0.15) is 0 Å². The van der Waals surface area contributed by atoms with Gasteiger partial charge in [-0.3, -0.25) is 10.4 Å². The lowest BCUT2D eigenvalue weighted by atomic mass is 9.94. The molecular formula is C12H18N4O. The van der Waals surface area contributed by atoms with E-state index >= 15 is 0 Å². The highest BCUT2D eigenvalue weighted by molar-refractivity contribution is 6.00. The SMILES string of the molecule is CC1(O)CCCN(c2cnccc2C(=N)N)C1. The van der Waals surface area contributed by atoms with Gasteiger partial charge >= 0.3 is 0 Å². The zero-order valence-electron chi connectivity index (χ0n) is 9.98. The first kappa shape index (κ1) is 11.9. The zero-order chi connectivity index (χ0) is 12.5. The summed E-state index contributed by atoms with van der Waals surface area (Å²) in [5.41, 5.74) is 6.39. The number of nitrogens with two attached hydrogens (primary N) is 1. The van der Waals surface area contributed by atoms with Gasteiger partial charge in [-0.25, -0.2) is 0 Å². The Labute approximate surface area is 101 Å². The van der Waals surface area contributed by atoms with E-state index in [2.05, 4.69) is 4.98 Å². The van der Waals surface area contributed by atoms with Crippen LogP contribution in [-0.4, -0.2) is 34.6 Å². The molecule has 1 unspecified atom stereocenters. The predicted octanol–water partition coefficient (Wildman–Crippen LogP) is 0.717. The minimum absolute atomic E-state index is 0.0348. The largest absolute Gasteiger partial charge is 0.388 e. The Morgan fingerprint density at radius 2 is 2.41 bits per heavy atom. The number of piperidine rings is 1. The number of anilines is 1. The second-order valence-electron chi connectivity index (χ2n) is 4.83. The summed E-state index contributed by atoms with van der Waals surface area (Å²) in [7, 11) is 0. The van der Waals surface area contributed by atoms with E-state index in [9.17, 15) is 5.11 Å². The maximum absolute atomic E-state index is 10.1. The van der Waals surface area contributed by atoms with Crippen molar-refractivity contribution in [3.63, 3.8) is 0 Å². The van der Waals surface area contributed by atoms with E-state index in [-0.39, 0.29) is 5.84 Å². The van der Waals surface area contributed by atoms with Crippen molar-refractivity contribution in [2.75, 3.05) is 18.0 Å². The Morgan fingerprint density at radius 1 is 1.65 bits per heavy atom. The van der Waals surface area contributed by atoms with Crippen LogP contribution in [0.25, 0.3) is 0 Å². The monoisotopic (exact) mass is 234 g/mol. The lowest BCUT2D eigenvalue weighted by molar-refractivity contribution is 0.0449. The lowest BCUT2D eigenvalue weighted by Gasteiger charge is -2.38. The van der Waals surface area contributed by atoms with Crippen molar-refractivity contribution >= 4 is 11.5 Å². The summed E-state index contributed by atoms with van der Waals surface area (Å²) in [6, 6.07) is 1.74. The van der Waals surface area contributed by atoms with Gasteiger partial charge in [-0.15, -0.1) is 0 Å². The van der Waals surface area contributed by atoms with Crippen LogP contribution in [0.2, 0.25) is 0 Å². The fourth-order valence-corrected chi connectivity index (χ4v) is 2.29. The molecule has 1 atom stereocenters. The molecule has 1 aromatic rings. The van der Waals surface area contributed by atoms with Crippen molar-refractivity contribution in [3.05, 3.63) is 24.0 Å². The number of amidine groups is 1. The first-order valence-electron chi connectivity index (χ1n) is 5.75. The number of hydrogen-bond acceptors (Lipinski definition) is 4. The van der Waals surface area contributed by atoms with Crippen LogP contribution in [0, 0.1) is 5.41 Å². The number of nitrogens with zero attached hydrogens (tertiary/aromatic N) is 2. The average Bonchev–Trinajstić information content (AvgIpc) is 2.27. The number of hydrogen-bond donors (Lipinski definition) is 3. The molecule has 1 aliphatic rings. The molecular weight excluding hydrogens is 216 g/mol. The van der Waals surface area contributed by atoms with Crippen LogP contribution in [0.4, 0.5) is 5.69 Å². The normalized spacial score (nSPS) is 24.7. The fourth-order valence-electron chi connectivity index (χ4n) is 2.29. The molecule has 1 fully saturated rings. The van der Waals surface area contributed by atoms with Crippen LogP contribution in [0.15, 0.2) is 18.5 Å². The van der Waals surface area contributed by atoms with Gasteiger partial charge in [0.05, 0.1) is 17.5 Å². The third kappa shape index (κ3) is 2.55. The van der Waals surface area contributed by atoms with Crippen molar-refractivity contribution < 1.29 is 5.11 Å². The molecule has 0 radical (unpaired) electrons. The lowest BCUT2D eigenvalue weighted by Crippen LogP contribution is -2.46. The van der Waals surface area contributed by atoms with Gasteiger partial charge in [0.2, 0.25) is 0 Å². The Morgan fingerprint density at radius 3 is 3.06 bits per heavy atom. The molecule has 4 N–H and O–H groups in total. The maximum Gasteiger partial charge on any atom is 0.125 e. The summed E-state index contributed by atoms with van der Waals surface area (Å²) in [4.78, 5) is 6.12. The molecule has 92 valence electrons. The van der Waals surface area contributed by atoms with E-state index in [0.717, 1.165) is 25.1 Å². The fraction of sp³-hybridized carbons (Fsp3) is 0.500. The van der Waals surface area contributed by atoms with Crippen molar-refractivity contribution in [2.45, 2.75) is 25.4 Å². The molecule has 5 heteroatoms. The van der Waals surface area contributed by atoms with E-state index in [0.29, 0.717) is 12.1 Å². The summed E-state index contributed by atoms with van der Waals surface area (Å²) in [5.74, 6) is 0.0348. The first-order valence-corrected chi connectivity index (χ1v) is 5.75. The van der Waals surface area contributed by atoms with E-state index in [1.165, 1.54) is 0 Å². The highest BCUT2D eigenvalue weighted by Gasteiger charge is 2.29. The van der Waals surface area contributed by atoms with Gasteiger partial charge in [0, 0.05) is 24.8 Å². The summed E-state index contributed by atoms with van der Waals surface area (Å²) < 4.78 is 0. The highest BCUT2D eigenvalue weighted by Crippen LogP contribution is 2.27. The standard InChI is InChI=1S/C12H18N4O/c1-12(17)4-2-6-16(8-12)10-7-15-5-3-9(10)11(13)14/h3,5,7,17H,2,4,6,8H2,1H3,(H3,13,14). The molecule has 2 heterocycles. The topological polar surface area (TPSA) is 86.2 Å². The second-order valence-corrected chi connectivity index (χ2v) is 4.83. The maximum atomic E-state index is 10.1. The van der Waals surface area contributed by atoms with Crippen molar-refractivity contribution in [3.8, 4) is 0 Å². The van der Waals surface area contributed by atoms with E-state index in [4.69, 9.17) is 11.1 Å². The van der Waals surface area contributed by atoms with E-state index in [1.54, 1.807) is 18.5 Å². The number of aliphatic hydroxyl groups is 1. The number of β-amino-alcohol motifs (C(OH)–C–C–N with tert-alkyl or cyclic N) is 1. The Kier molecular flexibility index (Phi) is 3.02. The van der Waals surface area contributed by atoms with Gasteiger partial charge in [0.25, 0.3) is 0 Å². The number of nitrogen functional groups attached to an aromatic ring is 1. The summed E-state index contributed by atoms with van der Waals surface area (Å²) in [6.07, 6.45) is 5.07. The van der Waals surface area contributed by atoms with Gasteiger partial charge in [-0.1, -0.05) is 0 Å². The average molecular weight is 234 g/mol. The molecule has 0 saturated carbocycles. The van der Waals surface area contributed by atoms with Crippen molar-refractivity contribution in [1.29, 1.82) is 5.41 Å². The molecule has 0 bridgehead atoms. The second kappa shape index (κ2) is 4.33. The van der Waals surface area contributed by atoms with Crippen LogP contribution in [-0.2, 0) is 0 Å². The minimum atomic E-state index is -0.678. The van der Waals surface area contributed by atoms with Crippen molar-refractivity contribution in [1.82, 2.24) is 4.98 Å². The van der Waals surface area contributed by atoms with Crippen LogP contribution >= 0.6 is 0 Å². The van der Waals surface area contributed by atoms with Crippen LogP contribution in [0.3, 0.4) is 0 Å². The molecule has 17 heavy (non-hydrogen) atoms. The third-order valence-corrected chi connectivity index (χ3v) is 3.11. The number of rotatable bonds is 2. The molecule has 1 aromatic heterocycles. The molecule has 0 spiro atoms. The molecule has 0 aromatic carbocycles. The summed E-state index contributed by atoms with van der Waals surface area (Å²) in [5, 5.41) is 17.6. The summed E-state index contributed by atoms with van der Waals surface area (Å²) in [6.45, 7) is 3.25. The van der Waals surface area contributed by atoms with Gasteiger partial charge in [0.1, 0.15) is 5.84 Å². The molecule has 1 saturated heterocycles. The quantitative estimate of drug-likeness (QED) is 0.520. The van der Waals surface area contributed by atoms with Gasteiger partial charge < -0.3 is 15.7 Å². The molecule has 0 aliphatic carbocycles.